The van der Waals surface area contributed by atoms with Crippen LogP contribution >= 0.6 is 0 Å². The fraction of sp³-hybridized carbons (Fsp3) is 0.381. The highest BCUT2D eigenvalue weighted by Crippen LogP contribution is 2.29. The van der Waals surface area contributed by atoms with Gasteiger partial charge in [0, 0.05) is 43.9 Å². The van der Waals surface area contributed by atoms with E-state index in [-0.39, 0.29) is 23.8 Å². The number of hydrogen-bond acceptors (Lipinski definition) is 4. The summed E-state index contributed by atoms with van der Waals surface area (Å²) >= 11 is 0. The van der Waals surface area contributed by atoms with Crippen molar-refractivity contribution in [3.8, 4) is 0 Å². The van der Waals surface area contributed by atoms with Crippen molar-refractivity contribution in [3.63, 3.8) is 0 Å². The van der Waals surface area contributed by atoms with E-state index < -0.39 is 0 Å². The molecule has 0 unspecified atom stereocenters. The van der Waals surface area contributed by atoms with Gasteiger partial charge in [0.15, 0.2) is 5.76 Å². The minimum atomic E-state index is -0.111. The summed E-state index contributed by atoms with van der Waals surface area (Å²) < 4.78 is 5.17. The highest BCUT2D eigenvalue weighted by molar-refractivity contribution is 5.98. The van der Waals surface area contributed by atoms with Crippen molar-refractivity contribution in [1.29, 1.82) is 0 Å². The van der Waals surface area contributed by atoms with Gasteiger partial charge in [0.2, 0.25) is 5.91 Å². The minimum Gasteiger partial charge on any atom is -0.459 e. The van der Waals surface area contributed by atoms with Gasteiger partial charge >= 0.3 is 0 Å². The van der Waals surface area contributed by atoms with E-state index in [2.05, 4.69) is 5.32 Å². The SMILES string of the molecule is CC(=O)N1CCc2cc(C(=O)NC3CCN(C(=O)c4ccco4)CC3)ccc21. The summed E-state index contributed by atoms with van der Waals surface area (Å²) in [7, 11) is 0. The summed E-state index contributed by atoms with van der Waals surface area (Å²) in [5.41, 5.74) is 2.54. The van der Waals surface area contributed by atoms with Crippen LogP contribution in [0.1, 0.15) is 46.2 Å². The first kappa shape index (κ1) is 18.3. The number of amides is 3. The number of furan rings is 1. The molecule has 1 aromatic carbocycles. The average molecular weight is 381 g/mol. The number of anilines is 1. The van der Waals surface area contributed by atoms with Crippen molar-refractivity contribution in [2.24, 2.45) is 0 Å². The second-order valence-electron chi connectivity index (χ2n) is 7.28. The molecule has 7 heteroatoms. The van der Waals surface area contributed by atoms with Gasteiger partial charge in [-0.2, -0.15) is 0 Å². The molecule has 1 N–H and O–H groups in total. The van der Waals surface area contributed by atoms with Crippen molar-refractivity contribution >= 4 is 23.4 Å². The van der Waals surface area contributed by atoms with Crippen LogP contribution in [0.25, 0.3) is 0 Å². The lowest BCUT2D eigenvalue weighted by Gasteiger charge is -2.32. The third kappa shape index (κ3) is 3.52. The number of nitrogens with one attached hydrogen (secondary N) is 1. The summed E-state index contributed by atoms with van der Waals surface area (Å²) in [6.45, 7) is 3.39. The molecular formula is C21H23N3O4. The van der Waals surface area contributed by atoms with Crippen LogP contribution in [-0.2, 0) is 11.2 Å². The Kier molecular flexibility index (Phi) is 4.90. The van der Waals surface area contributed by atoms with Gasteiger partial charge in [-0.1, -0.05) is 0 Å². The average Bonchev–Trinajstić information content (AvgIpc) is 3.37. The molecule has 0 aliphatic carbocycles. The van der Waals surface area contributed by atoms with Crippen LogP contribution in [0.15, 0.2) is 41.0 Å². The molecule has 28 heavy (non-hydrogen) atoms. The van der Waals surface area contributed by atoms with Gasteiger partial charge in [-0.25, -0.2) is 0 Å². The third-order valence-corrected chi connectivity index (χ3v) is 5.47. The molecule has 3 heterocycles. The van der Waals surface area contributed by atoms with Crippen molar-refractivity contribution in [3.05, 3.63) is 53.5 Å². The smallest absolute Gasteiger partial charge is 0.289 e. The maximum absolute atomic E-state index is 12.6. The predicted molar refractivity (Wildman–Crippen MR) is 103 cm³/mol. The van der Waals surface area contributed by atoms with Crippen molar-refractivity contribution in [2.75, 3.05) is 24.5 Å². The molecule has 1 saturated heterocycles. The largest absolute Gasteiger partial charge is 0.459 e. The van der Waals surface area contributed by atoms with E-state index in [9.17, 15) is 14.4 Å². The number of piperidine rings is 1. The molecule has 0 atom stereocenters. The quantitative estimate of drug-likeness (QED) is 0.884. The summed E-state index contributed by atoms with van der Waals surface area (Å²) in [6, 6.07) is 8.90. The van der Waals surface area contributed by atoms with E-state index in [4.69, 9.17) is 4.42 Å². The highest BCUT2D eigenvalue weighted by atomic mass is 16.3. The van der Waals surface area contributed by atoms with Crippen LogP contribution in [0, 0.1) is 0 Å². The maximum Gasteiger partial charge on any atom is 0.289 e. The molecule has 2 aliphatic rings. The fourth-order valence-corrected chi connectivity index (χ4v) is 3.92. The number of fused-ring (bicyclic) bond motifs is 1. The van der Waals surface area contributed by atoms with Gasteiger partial charge in [0.05, 0.1) is 6.26 Å². The summed E-state index contributed by atoms with van der Waals surface area (Å²) in [5, 5.41) is 3.07. The van der Waals surface area contributed by atoms with Crippen LogP contribution < -0.4 is 10.2 Å². The molecule has 146 valence electrons. The molecule has 1 fully saturated rings. The molecule has 2 aromatic rings. The summed E-state index contributed by atoms with van der Waals surface area (Å²) in [4.78, 5) is 40.1. The Labute approximate surface area is 163 Å². The lowest BCUT2D eigenvalue weighted by molar-refractivity contribution is -0.116. The first-order valence-corrected chi connectivity index (χ1v) is 9.57. The van der Waals surface area contributed by atoms with Gasteiger partial charge in [-0.15, -0.1) is 0 Å². The summed E-state index contributed by atoms with van der Waals surface area (Å²) in [6.07, 6.45) is 3.68. The number of hydrogen-bond donors (Lipinski definition) is 1. The standard InChI is InChI=1S/C21H23N3O4/c1-14(25)24-11-6-15-13-16(4-5-18(15)24)20(26)22-17-7-9-23(10-8-17)21(27)19-3-2-12-28-19/h2-5,12-13,17H,6-11H2,1H3,(H,22,26). The number of likely N-dealkylation sites (tertiary alicyclic amines) is 1. The van der Waals surface area contributed by atoms with E-state index in [1.165, 1.54) is 6.26 Å². The lowest BCUT2D eigenvalue weighted by atomic mass is 10.0. The third-order valence-electron chi connectivity index (χ3n) is 5.47. The van der Waals surface area contributed by atoms with Crippen LogP contribution in [0.4, 0.5) is 5.69 Å². The lowest BCUT2D eigenvalue weighted by Crippen LogP contribution is -2.46. The molecule has 7 nitrogen and oxygen atoms in total. The van der Waals surface area contributed by atoms with Crippen LogP contribution in [-0.4, -0.2) is 48.3 Å². The Morgan fingerprint density at radius 1 is 1.11 bits per heavy atom. The first-order valence-electron chi connectivity index (χ1n) is 9.57. The Morgan fingerprint density at radius 2 is 1.89 bits per heavy atom. The number of nitrogens with zero attached hydrogens (tertiary/aromatic N) is 2. The van der Waals surface area contributed by atoms with Gasteiger partial charge in [-0.3, -0.25) is 14.4 Å². The minimum absolute atomic E-state index is 0.0202. The molecule has 2 aliphatic heterocycles. The zero-order valence-corrected chi connectivity index (χ0v) is 15.8. The first-order chi connectivity index (χ1) is 13.5. The van der Waals surface area contributed by atoms with Gasteiger partial charge in [0.25, 0.3) is 11.8 Å². The van der Waals surface area contributed by atoms with Crippen LogP contribution in [0.5, 0.6) is 0 Å². The zero-order chi connectivity index (χ0) is 19.7. The van der Waals surface area contributed by atoms with Crippen molar-refractivity contribution < 1.29 is 18.8 Å². The second-order valence-corrected chi connectivity index (χ2v) is 7.28. The fourth-order valence-electron chi connectivity index (χ4n) is 3.92. The normalized spacial score (nSPS) is 16.8. The second kappa shape index (κ2) is 7.50. The molecule has 1 aromatic heterocycles. The van der Waals surface area contributed by atoms with Crippen molar-refractivity contribution in [2.45, 2.75) is 32.2 Å². The zero-order valence-electron chi connectivity index (χ0n) is 15.8. The van der Waals surface area contributed by atoms with Gasteiger partial charge in [-0.05, 0) is 55.2 Å². The monoisotopic (exact) mass is 381 g/mol. The number of carbonyl (C=O) groups is 3. The molecule has 4 rings (SSSR count). The van der Waals surface area contributed by atoms with E-state index >= 15 is 0 Å². The Bertz CT molecular complexity index is 898. The number of rotatable bonds is 3. The molecule has 0 radical (unpaired) electrons. The van der Waals surface area contributed by atoms with E-state index in [1.807, 2.05) is 12.1 Å². The maximum atomic E-state index is 12.6. The highest BCUT2D eigenvalue weighted by Gasteiger charge is 2.27. The molecular weight excluding hydrogens is 358 g/mol. The molecule has 3 amide bonds. The van der Waals surface area contributed by atoms with E-state index in [1.54, 1.807) is 34.9 Å². The van der Waals surface area contributed by atoms with Crippen molar-refractivity contribution in [1.82, 2.24) is 10.2 Å². The van der Waals surface area contributed by atoms with Crippen LogP contribution in [0.2, 0.25) is 0 Å². The Morgan fingerprint density at radius 3 is 2.57 bits per heavy atom. The Balaban J connectivity index is 1.34. The predicted octanol–water partition coefficient (Wildman–Crippen LogP) is 2.22. The van der Waals surface area contributed by atoms with E-state index in [0.29, 0.717) is 43.8 Å². The number of carbonyl (C=O) groups excluding carboxylic acids is 3. The number of benzene rings is 1. The molecule has 0 bridgehead atoms. The molecule has 0 saturated carbocycles. The topological polar surface area (TPSA) is 82.9 Å². The molecule has 0 spiro atoms. The van der Waals surface area contributed by atoms with Gasteiger partial charge < -0.3 is 19.5 Å². The summed E-state index contributed by atoms with van der Waals surface area (Å²) in [5.74, 6) is 0.148. The van der Waals surface area contributed by atoms with E-state index in [0.717, 1.165) is 17.7 Å². The Hall–Kier alpha value is -3.09. The van der Waals surface area contributed by atoms with Gasteiger partial charge in [0.1, 0.15) is 0 Å². The van der Waals surface area contributed by atoms with Crippen LogP contribution in [0.3, 0.4) is 0 Å².